The summed E-state index contributed by atoms with van der Waals surface area (Å²) in [6, 6.07) is 0. The molecule has 3 unspecified atom stereocenters. The minimum Gasteiger partial charge on any atom is -0.390 e. The Balaban J connectivity index is 2.43. The molecule has 0 radical (unpaired) electrons. The highest BCUT2D eigenvalue weighted by molar-refractivity contribution is 4.78. The molecule has 1 fully saturated rings. The number of hydrogen-bond donors (Lipinski definition) is 1. The molecule has 5 heteroatoms. The Morgan fingerprint density at radius 2 is 1.92 bits per heavy atom. The van der Waals surface area contributed by atoms with E-state index in [2.05, 4.69) is 4.74 Å². The highest BCUT2D eigenvalue weighted by Gasteiger charge is 2.38. The third-order valence-electron chi connectivity index (χ3n) is 2.30. The first-order chi connectivity index (χ1) is 5.88. The molecule has 1 rings (SSSR count). The lowest BCUT2D eigenvalue weighted by Crippen LogP contribution is -2.38. The fourth-order valence-corrected chi connectivity index (χ4v) is 1.63. The number of ether oxygens (including phenoxy) is 1. The van der Waals surface area contributed by atoms with Gasteiger partial charge in [0.15, 0.2) is 0 Å². The average molecular weight is 198 g/mol. The molecule has 0 heterocycles. The van der Waals surface area contributed by atoms with Gasteiger partial charge in [-0.1, -0.05) is 6.92 Å². The number of alkyl halides is 3. The van der Waals surface area contributed by atoms with Gasteiger partial charge in [-0.05, 0) is 25.2 Å². The van der Waals surface area contributed by atoms with E-state index in [1.165, 1.54) is 0 Å². The molecule has 1 saturated carbocycles. The fraction of sp³-hybridized carbons (Fsp3) is 1.00. The molecule has 0 aliphatic heterocycles. The number of rotatable bonds is 1. The Bertz CT molecular complexity index is 169. The van der Waals surface area contributed by atoms with Crippen LogP contribution in [0, 0.1) is 5.92 Å². The summed E-state index contributed by atoms with van der Waals surface area (Å²) < 4.78 is 39.1. The number of halogens is 3. The molecule has 0 bridgehead atoms. The minimum absolute atomic E-state index is 0.280. The standard InChI is InChI=1S/C8H13F3O2/c1-5-2-3-7(6(12)4-5)13-8(9,10)11/h5-7,12H,2-4H2,1H3. The zero-order valence-electron chi connectivity index (χ0n) is 7.34. The lowest BCUT2D eigenvalue weighted by molar-refractivity contribution is -0.354. The molecule has 0 saturated heterocycles. The summed E-state index contributed by atoms with van der Waals surface area (Å²) in [5, 5.41) is 9.28. The Morgan fingerprint density at radius 3 is 2.38 bits per heavy atom. The van der Waals surface area contributed by atoms with Crippen LogP contribution in [0.25, 0.3) is 0 Å². The van der Waals surface area contributed by atoms with Crippen LogP contribution in [-0.4, -0.2) is 23.7 Å². The third kappa shape index (κ3) is 3.52. The Labute approximate surface area is 74.7 Å². The zero-order valence-corrected chi connectivity index (χ0v) is 7.34. The largest absolute Gasteiger partial charge is 0.522 e. The summed E-state index contributed by atoms with van der Waals surface area (Å²) in [5.74, 6) is 0.281. The van der Waals surface area contributed by atoms with E-state index in [1.54, 1.807) is 0 Å². The Hall–Kier alpha value is -0.290. The Morgan fingerprint density at radius 1 is 1.31 bits per heavy atom. The van der Waals surface area contributed by atoms with E-state index in [0.29, 0.717) is 12.8 Å². The van der Waals surface area contributed by atoms with E-state index in [-0.39, 0.29) is 12.3 Å². The van der Waals surface area contributed by atoms with Crippen molar-refractivity contribution < 1.29 is 23.0 Å². The van der Waals surface area contributed by atoms with Gasteiger partial charge < -0.3 is 5.11 Å². The van der Waals surface area contributed by atoms with Gasteiger partial charge in [0.2, 0.25) is 0 Å². The van der Waals surface area contributed by atoms with Gasteiger partial charge in [0.1, 0.15) is 0 Å². The molecular weight excluding hydrogens is 185 g/mol. The smallest absolute Gasteiger partial charge is 0.390 e. The monoisotopic (exact) mass is 198 g/mol. The average Bonchev–Trinajstić information content (AvgIpc) is 1.93. The lowest BCUT2D eigenvalue weighted by Gasteiger charge is -2.31. The highest BCUT2D eigenvalue weighted by atomic mass is 19.4. The van der Waals surface area contributed by atoms with Crippen molar-refractivity contribution >= 4 is 0 Å². The van der Waals surface area contributed by atoms with Crippen LogP contribution in [0.15, 0.2) is 0 Å². The molecule has 1 N–H and O–H groups in total. The molecule has 2 nitrogen and oxygen atoms in total. The minimum atomic E-state index is -4.63. The second kappa shape index (κ2) is 3.84. The predicted octanol–water partition coefficient (Wildman–Crippen LogP) is 2.07. The molecule has 78 valence electrons. The second-order valence-electron chi connectivity index (χ2n) is 3.59. The van der Waals surface area contributed by atoms with Crippen LogP contribution in [0.1, 0.15) is 26.2 Å². The van der Waals surface area contributed by atoms with E-state index < -0.39 is 18.6 Å². The van der Waals surface area contributed by atoms with Crippen molar-refractivity contribution in [2.24, 2.45) is 5.92 Å². The highest BCUT2D eigenvalue weighted by Crippen LogP contribution is 2.30. The lowest BCUT2D eigenvalue weighted by atomic mass is 9.87. The SMILES string of the molecule is CC1CCC(OC(F)(F)F)C(O)C1. The van der Waals surface area contributed by atoms with Gasteiger partial charge in [0.25, 0.3) is 0 Å². The Kier molecular flexibility index (Phi) is 3.18. The van der Waals surface area contributed by atoms with Crippen molar-refractivity contribution in [1.29, 1.82) is 0 Å². The van der Waals surface area contributed by atoms with Gasteiger partial charge in [0.05, 0.1) is 12.2 Å². The molecule has 13 heavy (non-hydrogen) atoms. The van der Waals surface area contributed by atoms with Crippen molar-refractivity contribution in [1.82, 2.24) is 0 Å². The van der Waals surface area contributed by atoms with Gasteiger partial charge in [-0.2, -0.15) is 0 Å². The van der Waals surface area contributed by atoms with Gasteiger partial charge in [-0.25, -0.2) is 0 Å². The molecule has 0 spiro atoms. The van der Waals surface area contributed by atoms with Gasteiger partial charge in [-0.3, -0.25) is 4.74 Å². The van der Waals surface area contributed by atoms with E-state index in [0.717, 1.165) is 0 Å². The van der Waals surface area contributed by atoms with Crippen molar-refractivity contribution in [2.45, 2.75) is 44.8 Å². The maximum absolute atomic E-state index is 11.8. The molecule has 0 aromatic carbocycles. The molecule has 1 aliphatic carbocycles. The predicted molar refractivity (Wildman–Crippen MR) is 39.9 cm³/mol. The second-order valence-corrected chi connectivity index (χ2v) is 3.59. The maximum atomic E-state index is 11.8. The van der Waals surface area contributed by atoms with E-state index >= 15 is 0 Å². The molecule has 3 atom stereocenters. The quantitative estimate of drug-likeness (QED) is 0.698. The number of aliphatic hydroxyl groups excluding tert-OH is 1. The first kappa shape index (κ1) is 10.8. The number of aliphatic hydroxyl groups is 1. The van der Waals surface area contributed by atoms with Crippen molar-refractivity contribution in [3.05, 3.63) is 0 Å². The molecular formula is C8H13F3O2. The molecule has 1 aliphatic rings. The van der Waals surface area contributed by atoms with Crippen LogP contribution < -0.4 is 0 Å². The molecule has 0 aromatic rings. The summed E-state index contributed by atoms with van der Waals surface area (Å²) in [4.78, 5) is 0. The van der Waals surface area contributed by atoms with Crippen LogP contribution in [-0.2, 0) is 4.74 Å². The summed E-state index contributed by atoms with van der Waals surface area (Å²) in [7, 11) is 0. The molecule has 0 amide bonds. The summed E-state index contributed by atoms with van der Waals surface area (Å²) in [6.07, 6.45) is -5.34. The van der Waals surface area contributed by atoms with Gasteiger partial charge in [-0.15, -0.1) is 13.2 Å². The third-order valence-corrected chi connectivity index (χ3v) is 2.30. The van der Waals surface area contributed by atoms with Crippen molar-refractivity contribution in [3.63, 3.8) is 0 Å². The van der Waals surface area contributed by atoms with Crippen molar-refractivity contribution in [3.8, 4) is 0 Å². The first-order valence-electron chi connectivity index (χ1n) is 4.31. The van der Waals surface area contributed by atoms with E-state index in [1.807, 2.05) is 6.92 Å². The van der Waals surface area contributed by atoms with Crippen LogP contribution >= 0.6 is 0 Å². The first-order valence-corrected chi connectivity index (χ1v) is 4.31. The van der Waals surface area contributed by atoms with Crippen LogP contribution in [0.5, 0.6) is 0 Å². The zero-order chi connectivity index (χ0) is 10.1. The summed E-state index contributed by atoms with van der Waals surface area (Å²) >= 11 is 0. The van der Waals surface area contributed by atoms with Crippen LogP contribution in [0.4, 0.5) is 13.2 Å². The number of hydrogen-bond acceptors (Lipinski definition) is 2. The van der Waals surface area contributed by atoms with E-state index in [4.69, 9.17) is 0 Å². The summed E-state index contributed by atoms with van der Waals surface area (Å²) in [6.45, 7) is 1.91. The van der Waals surface area contributed by atoms with Gasteiger partial charge >= 0.3 is 6.36 Å². The van der Waals surface area contributed by atoms with E-state index in [9.17, 15) is 18.3 Å². The fourth-order valence-electron chi connectivity index (χ4n) is 1.63. The molecule has 0 aromatic heterocycles. The summed E-state index contributed by atoms with van der Waals surface area (Å²) in [5.41, 5.74) is 0. The van der Waals surface area contributed by atoms with Gasteiger partial charge in [0, 0.05) is 0 Å². The maximum Gasteiger partial charge on any atom is 0.522 e. The van der Waals surface area contributed by atoms with Crippen LogP contribution in [0.3, 0.4) is 0 Å². The normalized spacial score (nSPS) is 36.2. The van der Waals surface area contributed by atoms with Crippen molar-refractivity contribution in [2.75, 3.05) is 0 Å². The topological polar surface area (TPSA) is 29.5 Å². The van der Waals surface area contributed by atoms with Crippen LogP contribution in [0.2, 0.25) is 0 Å².